The summed E-state index contributed by atoms with van der Waals surface area (Å²) in [6.07, 6.45) is 0.828. The van der Waals surface area contributed by atoms with E-state index in [1.165, 1.54) is 11.3 Å². The van der Waals surface area contributed by atoms with Crippen LogP contribution in [0, 0.1) is 6.92 Å². The van der Waals surface area contributed by atoms with Gasteiger partial charge in [0.1, 0.15) is 5.01 Å². The maximum Gasteiger partial charge on any atom is 0.315 e. The largest absolute Gasteiger partial charge is 0.379 e. The molecular weight excluding hydrogens is 268 g/mol. The van der Waals surface area contributed by atoms with E-state index in [2.05, 4.69) is 20.8 Å². The third kappa shape index (κ3) is 6.25. The molecule has 1 aromatic rings. The third-order valence-electron chi connectivity index (χ3n) is 2.01. The van der Waals surface area contributed by atoms with Crippen LogP contribution in [0.4, 0.5) is 5.13 Å². The van der Waals surface area contributed by atoms with Crippen LogP contribution in [0.25, 0.3) is 0 Å². The highest BCUT2D eigenvalue weighted by atomic mass is 32.1. The van der Waals surface area contributed by atoms with Gasteiger partial charge in [-0.05, 0) is 27.2 Å². The van der Waals surface area contributed by atoms with Crippen LogP contribution < -0.4 is 10.6 Å². The summed E-state index contributed by atoms with van der Waals surface area (Å²) in [6.45, 7) is 6.59. The van der Waals surface area contributed by atoms with Crippen LogP contribution in [0.1, 0.15) is 25.3 Å². The molecule has 8 heteroatoms. The number of carbonyl (C=O) groups is 2. The van der Waals surface area contributed by atoms with E-state index in [1.54, 1.807) is 6.92 Å². The fraction of sp³-hybridized carbons (Fsp3) is 0.636. The van der Waals surface area contributed by atoms with Gasteiger partial charge >= 0.3 is 11.8 Å². The monoisotopic (exact) mass is 286 g/mol. The van der Waals surface area contributed by atoms with Crippen molar-refractivity contribution >= 4 is 28.3 Å². The van der Waals surface area contributed by atoms with Gasteiger partial charge in [0.05, 0.1) is 6.10 Å². The molecule has 0 saturated carbocycles. The molecule has 1 rings (SSSR count). The van der Waals surface area contributed by atoms with E-state index in [0.29, 0.717) is 24.7 Å². The minimum atomic E-state index is -0.735. The molecule has 19 heavy (non-hydrogen) atoms. The molecule has 0 aliphatic carbocycles. The van der Waals surface area contributed by atoms with Crippen molar-refractivity contribution < 1.29 is 14.3 Å². The molecule has 0 saturated heterocycles. The number of amides is 2. The lowest BCUT2D eigenvalue weighted by atomic mass is 10.4. The van der Waals surface area contributed by atoms with Gasteiger partial charge in [0.15, 0.2) is 0 Å². The number of nitrogens with zero attached hydrogens (tertiary/aromatic N) is 2. The van der Waals surface area contributed by atoms with Crippen molar-refractivity contribution in [2.75, 3.05) is 18.5 Å². The molecular formula is C11H18N4O3S. The van der Waals surface area contributed by atoms with Crippen LogP contribution in [0.3, 0.4) is 0 Å². The molecule has 0 fully saturated rings. The van der Waals surface area contributed by atoms with Gasteiger partial charge in [-0.2, -0.15) is 0 Å². The summed E-state index contributed by atoms with van der Waals surface area (Å²) in [7, 11) is 0. The number of hydrogen-bond donors (Lipinski definition) is 2. The van der Waals surface area contributed by atoms with Gasteiger partial charge in [-0.15, -0.1) is 10.2 Å². The number of hydrogen-bond acceptors (Lipinski definition) is 6. The number of aryl methyl sites for hydroxylation is 1. The number of rotatable bonds is 6. The zero-order valence-corrected chi connectivity index (χ0v) is 12.0. The van der Waals surface area contributed by atoms with E-state index in [9.17, 15) is 9.59 Å². The fourth-order valence-corrected chi connectivity index (χ4v) is 1.76. The average molecular weight is 286 g/mol. The van der Waals surface area contributed by atoms with E-state index >= 15 is 0 Å². The number of carbonyl (C=O) groups excluding carboxylic acids is 2. The summed E-state index contributed by atoms with van der Waals surface area (Å²) in [5, 5.41) is 13.4. The first kappa shape index (κ1) is 15.5. The summed E-state index contributed by atoms with van der Waals surface area (Å²) in [5.41, 5.74) is 0. The van der Waals surface area contributed by atoms with Crippen molar-refractivity contribution in [1.29, 1.82) is 0 Å². The zero-order valence-electron chi connectivity index (χ0n) is 11.2. The molecule has 0 unspecified atom stereocenters. The van der Waals surface area contributed by atoms with Crippen LogP contribution in [0.15, 0.2) is 0 Å². The Morgan fingerprint density at radius 2 is 2.05 bits per heavy atom. The predicted molar refractivity (Wildman–Crippen MR) is 72.0 cm³/mol. The Hall–Kier alpha value is -1.54. The molecule has 2 N–H and O–H groups in total. The molecule has 0 aliphatic rings. The summed E-state index contributed by atoms with van der Waals surface area (Å²) in [6, 6.07) is 0. The van der Waals surface area contributed by atoms with Gasteiger partial charge in [0.25, 0.3) is 0 Å². The van der Waals surface area contributed by atoms with E-state index in [1.807, 2.05) is 13.8 Å². The first-order valence-electron chi connectivity index (χ1n) is 6.00. The van der Waals surface area contributed by atoms with E-state index in [4.69, 9.17) is 4.74 Å². The Labute approximate surface area is 115 Å². The molecule has 106 valence electrons. The lowest BCUT2D eigenvalue weighted by molar-refractivity contribution is -0.136. The lowest BCUT2D eigenvalue weighted by Crippen LogP contribution is -2.36. The summed E-state index contributed by atoms with van der Waals surface area (Å²) >= 11 is 1.21. The van der Waals surface area contributed by atoms with Crippen LogP contribution in [-0.2, 0) is 14.3 Å². The van der Waals surface area contributed by atoms with Crippen molar-refractivity contribution in [2.24, 2.45) is 0 Å². The number of anilines is 1. The van der Waals surface area contributed by atoms with Gasteiger partial charge in [-0.1, -0.05) is 11.3 Å². The predicted octanol–water partition coefficient (Wildman–Crippen LogP) is 0.716. The molecule has 7 nitrogen and oxygen atoms in total. The topological polar surface area (TPSA) is 93.2 Å². The average Bonchev–Trinajstić information content (AvgIpc) is 2.73. The Kier molecular flexibility index (Phi) is 6.37. The molecule has 0 aliphatic heterocycles. The Morgan fingerprint density at radius 3 is 2.63 bits per heavy atom. The van der Waals surface area contributed by atoms with Crippen LogP contribution >= 0.6 is 11.3 Å². The van der Waals surface area contributed by atoms with Crippen molar-refractivity contribution in [2.45, 2.75) is 33.3 Å². The second-order valence-corrected chi connectivity index (χ2v) is 5.29. The fourth-order valence-electron chi connectivity index (χ4n) is 1.17. The maximum atomic E-state index is 11.5. The highest BCUT2D eigenvalue weighted by Gasteiger charge is 2.14. The van der Waals surface area contributed by atoms with Gasteiger partial charge in [0.2, 0.25) is 5.13 Å². The zero-order chi connectivity index (χ0) is 14.3. The molecule has 0 bridgehead atoms. The second kappa shape index (κ2) is 7.80. The normalized spacial score (nSPS) is 10.5. The Morgan fingerprint density at radius 1 is 1.32 bits per heavy atom. The minimum Gasteiger partial charge on any atom is -0.379 e. The molecule has 1 aromatic heterocycles. The smallest absolute Gasteiger partial charge is 0.315 e. The van der Waals surface area contributed by atoms with E-state index < -0.39 is 11.8 Å². The SMILES string of the molecule is Cc1nnc(NC(=O)C(=O)NCCCOC(C)C)s1. The minimum absolute atomic E-state index is 0.166. The van der Waals surface area contributed by atoms with Gasteiger partial charge < -0.3 is 10.1 Å². The van der Waals surface area contributed by atoms with Crippen molar-refractivity contribution in [3.05, 3.63) is 5.01 Å². The Balaban J connectivity index is 2.20. The molecule has 2 amide bonds. The first-order chi connectivity index (χ1) is 8.99. The summed E-state index contributed by atoms with van der Waals surface area (Å²) in [5.74, 6) is -1.42. The third-order valence-corrected chi connectivity index (χ3v) is 2.76. The number of aromatic nitrogens is 2. The Bertz CT molecular complexity index is 433. The van der Waals surface area contributed by atoms with Crippen LogP contribution in [0.5, 0.6) is 0 Å². The summed E-state index contributed by atoms with van der Waals surface area (Å²) in [4.78, 5) is 22.9. The summed E-state index contributed by atoms with van der Waals surface area (Å²) < 4.78 is 5.31. The molecule has 0 radical (unpaired) electrons. The van der Waals surface area contributed by atoms with Gasteiger partial charge in [-0.3, -0.25) is 14.9 Å². The molecule has 1 heterocycles. The second-order valence-electron chi connectivity index (χ2n) is 4.11. The highest BCUT2D eigenvalue weighted by molar-refractivity contribution is 7.15. The van der Waals surface area contributed by atoms with Crippen LogP contribution in [-0.4, -0.2) is 41.3 Å². The van der Waals surface area contributed by atoms with Crippen molar-refractivity contribution in [1.82, 2.24) is 15.5 Å². The molecule has 0 aromatic carbocycles. The van der Waals surface area contributed by atoms with E-state index in [0.717, 1.165) is 5.01 Å². The first-order valence-corrected chi connectivity index (χ1v) is 6.81. The standard InChI is InChI=1S/C11H18N4O3S/c1-7(2)18-6-4-5-12-9(16)10(17)13-11-15-14-8(3)19-11/h7H,4-6H2,1-3H3,(H,12,16)(H,13,15,17). The maximum absolute atomic E-state index is 11.5. The lowest BCUT2D eigenvalue weighted by Gasteiger charge is -2.07. The van der Waals surface area contributed by atoms with E-state index in [-0.39, 0.29) is 6.10 Å². The van der Waals surface area contributed by atoms with Crippen molar-refractivity contribution in [3.63, 3.8) is 0 Å². The van der Waals surface area contributed by atoms with Crippen molar-refractivity contribution in [3.8, 4) is 0 Å². The van der Waals surface area contributed by atoms with Gasteiger partial charge in [-0.25, -0.2) is 0 Å². The quantitative estimate of drug-likeness (QED) is 0.593. The highest BCUT2D eigenvalue weighted by Crippen LogP contribution is 2.12. The molecule has 0 atom stereocenters. The van der Waals surface area contributed by atoms with Gasteiger partial charge in [0, 0.05) is 13.2 Å². The number of nitrogens with one attached hydrogen (secondary N) is 2. The molecule has 0 spiro atoms. The number of ether oxygens (including phenoxy) is 1. The van der Waals surface area contributed by atoms with Crippen LogP contribution in [0.2, 0.25) is 0 Å².